The number of ether oxygens (including phenoxy) is 3. The number of nitrogens with zero attached hydrogens (tertiary/aromatic N) is 1. The molecule has 9 nitrogen and oxygen atoms in total. The molecule has 0 fully saturated rings. The minimum atomic E-state index is -4.15. The number of methoxy groups -OCH3 is 2. The molecule has 0 aliphatic heterocycles. The fraction of sp³-hybridized carbons (Fsp3) is 0.259. The van der Waals surface area contributed by atoms with Crippen LogP contribution in [0.15, 0.2) is 77.7 Å². The summed E-state index contributed by atoms with van der Waals surface area (Å²) in [4.78, 5) is 25.2. The van der Waals surface area contributed by atoms with E-state index in [1.165, 1.54) is 44.6 Å². The standard InChI is InChI=1S/C27H30N2O7S/c1-4-5-17-36-27(31)20-11-13-21(14-12-20)28-26(30)19-29(37(32,33)23-9-7-6-8-10-23)24-18-22(34-2)15-16-25(24)35-3/h6-16,18H,4-5,17,19H2,1-3H3,(H,28,30). The number of anilines is 2. The van der Waals surface area contributed by atoms with Gasteiger partial charge in [-0.25, -0.2) is 13.2 Å². The lowest BCUT2D eigenvalue weighted by molar-refractivity contribution is -0.114. The summed E-state index contributed by atoms with van der Waals surface area (Å²) in [6.07, 6.45) is 1.69. The molecule has 0 saturated heterocycles. The van der Waals surface area contributed by atoms with E-state index in [0.29, 0.717) is 23.6 Å². The van der Waals surface area contributed by atoms with Gasteiger partial charge in [0.05, 0.1) is 37.0 Å². The monoisotopic (exact) mass is 526 g/mol. The molecule has 0 aliphatic rings. The van der Waals surface area contributed by atoms with Gasteiger partial charge in [0.25, 0.3) is 10.0 Å². The van der Waals surface area contributed by atoms with Crippen LogP contribution in [-0.4, -0.2) is 47.7 Å². The van der Waals surface area contributed by atoms with Crippen molar-refractivity contribution in [2.75, 3.05) is 37.0 Å². The van der Waals surface area contributed by atoms with Crippen LogP contribution in [0.4, 0.5) is 11.4 Å². The highest BCUT2D eigenvalue weighted by atomic mass is 32.2. The minimum absolute atomic E-state index is 0.0126. The first-order valence-corrected chi connectivity index (χ1v) is 13.1. The van der Waals surface area contributed by atoms with Gasteiger partial charge in [0.15, 0.2) is 0 Å². The zero-order chi connectivity index (χ0) is 26.8. The molecule has 0 saturated carbocycles. The number of hydrogen-bond acceptors (Lipinski definition) is 7. The van der Waals surface area contributed by atoms with E-state index in [2.05, 4.69) is 5.32 Å². The van der Waals surface area contributed by atoms with Crippen LogP contribution in [0.25, 0.3) is 0 Å². The molecule has 0 heterocycles. The summed E-state index contributed by atoms with van der Waals surface area (Å²) in [5.41, 5.74) is 0.888. The second-order valence-electron chi connectivity index (χ2n) is 7.98. The first-order chi connectivity index (χ1) is 17.8. The normalized spacial score (nSPS) is 10.9. The third-order valence-corrected chi connectivity index (χ3v) is 7.18. The van der Waals surface area contributed by atoms with Gasteiger partial charge in [-0.2, -0.15) is 0 Å². The number of rotatable bonds is 12. The molecule has 3 aromatic carbocycles. The van der Waals surface area contributed by atoms with Crippen LogP contribution in [0.2, 0.25) is 0 Å². The lowest BCUT2D eigenvalue weighted by atomic mass is 10.2. The number of hydrogen-bond donors (Lipinski definition) is 1. The molecule has 0 spiro atoms. The van der Waals surface area contributed by atoms with Crippen LogP contribution in [-0.2, 0) is 19.6 Å². The van der Waals surface area contributed by atoms with Crippen LogP contribution in [0.1, 0.15) is 30.1 Å². The number of benzene rings is 3. The Hall–Kier alpha value is -4.05. The summed E-state index contributed by atoms with van der Waals surface area (Å²) in [6, 6.07) is 18.7. The van der Waals surface area contributed by atoms with Gasteiger partial charge in [0, 0.05) is 11.8 Å². The quantitative estimate of drug-likeness (QED) is 0.273. The predicted molar refractivity (Wildman–Crippen MR) is 141 cm³/mol. The smallest absolute Gasteiger partial charge is 0.338 e. The van der Waals surface area contributed by atoms with Gasteiger partial charge in [0.2, 0.25) is 5.91 Å². The van der Waals surface area contributed by atoms with E-state index in [1.807, 2.05) is 6.92 Å². The lowest BCUT2D eigenvalue weighted by Crippen LogP contribution is -2.38. The zero-order valence-electron chi connectivity index (χ0n) is 21.0. The van der Waals surface area contributed by atoms with Crippen molar-refractivity contribution in [2.24, 2.45) is 0 Å². The molecule has 1 N–H and O–H groups in total. The highest BCUT2D eigenvalue weighted by Crippen LogP contribution is 2.35. The van der Waals surface area contributed by atoms with E-state index in [9.17, 15) is 18.0 Å². The Labute approximate surface area is 217 Å². The Morgan fingerprint density at radius 3 is 2.24 bits per heavy atom. The van der Waals surface area contributed by atoms with Crippen molar-refractivity contribution in [3.05, 3.63) is 78.4 Å². The fourth-order valence-electron chi connectivity index (χ4n) is 3.42. The average Bonchev–Trinajstić information content (AvgIpc) is 2.92. The third-order valence-electron chi connectivity index (χ3n) is 5.41. The van der Waals surface area contributed by atoms with E-state index in [0.717, 1.165) is 17.1 Å². The third kappa shape index (κ3) is 7.01. The number of unbranched alkanes of at least 4 members (excludes halogenated alkanes) is 1. The Kier molecular flexibility index (Phi) is 9.51. The maximum Gasteiger partial charge on any atom is 0.338 e. The molecule has 0 unspecified atom stereocenters. The Morgan fingerprint density at radius 2 is 1.62 bits per heavy atom. The van der Waals surface area contributed by atoms with Gasteiger partial charge >= 0.3 is 5.97 Å². The zero-order valence-corrected chi connectivity index (χ0v) is 21.8. The summed E-state index contributed by atoms with van der Waals surface area (Å²) in [5.74, 6) is -0.399. The van der Waals surface area contributed by atoms with Crippen molar-refractivity contribution < 1.29 is 32.2 Å². The summed E-state index contributed by atoms with van der Waals surface area (Å²) >= 11 is 0. The molecule has 3 rings (SSSR count). The van der Waals surface area contributed by atoms with Crippen molar-refractivity contribution in [3.8, 4) is 11.5 Å². The second-order valence-corrected chi connectivity index (χ2v) is 9.84. The van der Waals surface area contributed by atoms with E-state index < -0.39 is 28.4 Å². The van der Waals surface area contributed by atoms with Crippen LogP contribution >= 0.6 is 0 Å². The molecule has 0 radical (unpaired) electrons. The molecule has 37 heavy (non-hydrogen) atoms. The van der Waals surface area contributed by atoms with Gasteiger partial charge in [-0.05, 0) is 55.0 Å². The van der Waals surface area contributed by atoms with E-state index in [-0.39, 0.29) is 16.3 Å². The van der Waals surface area contributed by atoms with Gasteiger partial charge in [-0.1, -0.05) is 31.5 Å². The largest absolute Gasteiger partial charge is 0.497 e. The van der Waals surface area contributed by atoms with Crippen LogP contribution in [0.5, 0.6) is 11.5 Å². The minimum Gasteiger partial charge on any atom is -0.497 e. The molecule has 196 valence electrons. The van der Waals surface area contributed by atoms with Gasteiger partial charge in [-0.15, -0.1) is 0 Å². The first kappa shape index (κ1) is 27.5. The summed E-state index contributed by atoms with van der Waals surface area (Å²) in [5, 5.41) is 2.68. The maximum absolute atomic E-state index is 13.6. The summed E-state index contributed by atoms with van der Waals surface area (Å²) < 4.78 is 44.0. The molecule has 0 bridgehead atoms. The van der Waals surface area contributed by atoms with Crippen LogP contribution < -0.4 is 19.1 Å². The topological polar surface area (TPSA) is 111 Å². The number of esters is 1. The average molecular weight is 527 g/mol. The second kappa shape index (κ2) is 12.8. The fourth-order valence-corrected chi connectivity index (χ4v) is 4.87. The lowest BCUT2D eigenvalue weighted by Gasteiger charge is -2.26. The SMILES string of the molecule is CCCCOC(=O)c1ccc(NC(=O)CN(c2cc(OC)ccc2OC)S(=O)(=O)c2ccccc2)cc1. The first-order valence-electron chi connectivity index (χ1n) is 11.7. The maximum atomic E-state index is 13.6. The van der Waals surface area contributed by atoms with Crippen molar-refractivity contribution >= 4 is 33.3 Å². The highest BCUT2D eigenvalue weighted by Gasteiger charge is 2.30. The molecule has 3 aromatic rings. The Bertz CT molecular complexity index is 1310. The molecule has 0 atom stereocenters. The van der Waals surface area contributed by atoms with Gasteiger partial charge < -0.3 is 19.5 Å². The van der Waals surface area contributed by atoms with Crippen molar-refractivity contribution in [3.63, 3.8) is 0 Å². The summed E-state index contributed by atoms with van der Waals surface area (Å²) in [6.45, 7) is 1.80. The molecule has 0 aromatic heterocycles. The highest BCUT2D eigenvalue weighted by molar-refractivity contribution is 7.92. The molecule has 0 aliphatic carbocycles. The van der Waals surface area contributed by atoms with Crippen molar-refractivity contribution in [1.82, 2.24) is 0 Å². The number of sulfonamides is 1. The van der Waals surface area contributed by atoms with Crippen molar-refractivity contribution in [1.29, 1.82) is 0 Å². The number of carbonyl (C=O) groups excluding carboxylic acids is 2. The number of nitrogens with one attached hydrogen (secondary N) is 1. The molecule has 1 amide bonds. The Balaban J connectivity index is 1.86. The van der Waals surface area contributed by atoms with E-state index in [1.54, 1.807) is 42.5 Å². The molecular weight excluding hydrogens is 496 g/mol. The van der Waals surface area contributed by atoms with E-state index >= 15 is 0 Å². The predicted octanol–water partition coefficient (Wildman–Crippen LogP) is 4.49. The number of carbonyl (C=O) groups is 2. The van der Waals surface area contributed by atoms with E-state index in [4.69, 9.17) is 14.2 Å². The van der Waals surface area contributed by atoms with Gasteiger partial charge in [0.1, 0.15) is 18.0 Å². The van der Waals surface area contributed by atoms with Crippen LogP contribution in [0.3, 0.4) is 0 Å². The van der Waals surface area contributed by atoms with Gasteiger partial charge in [-0.3, -0.25) is 9.10 Å². The molecular formula is C27H30N2O7S. The van der Waals surface area contributed by atoms with Crippen molar-refractivity contribution in [2.45, 2.75) is 24.7 Å². The molecule has 10 heteroatoms. The summed E-state index contributed by atoms with van der Waals surface area (Å²) in [7, 11) is -1.29. The Morgan fingerprint density at radius 1 is 0.919 bits per heavy atom. The number of amides is 1. The van der Waals surface area contributed by atoms with Crippen LogP contribution in [0, 0.1) is 0 Å².